The normalized spacial score (nSPS) is 11.7. The highest BCUT2D eigenvalue weighted by Gasteiger charge is 2.18. The summed E-state index contributed by atoms with van der Waals surface area (Å²) in [6.45, 7) is 0. The van der Waals surface area contributed by atoms with Gasteiger partial charge in [-0.15, -0.1) is 0 Å². The third-order valence-electron chi connectivity index (χ3n) is 4.25. The van der Waals surface area contributed by atoms with Crippen molar-refractivity contribution in [2.75, 3.05) is 0 Å². The molecular formula is C20H12ClNO. The summed E-state index contributed by atoms with van der Waals surface area (Å²) in [5.74, 6) is 0. The molecule has 2 nitrogen and oxygen atoms in total. The lowest BCUT2D eigenvalue weighted by Gasteiger charge is -2.06. The van der Waals surface area contributed by atoms with Gasteiger partial charge in [0.2, 0.25) is 0 Å². The van der Waals surface area contributed by atoms with E-state index in [1.54, 1.807) is 0 Å². The van der Waals surface area contributed by atoms with Crippen LogP contribution in [0, 0.1) is 0 Å². The number of fused-ring (bicyclic) bond motifs is 5. The van der Waals surface area contributed by atoms with Gasteiger partial charge in [0, 0.05) is 21.5 Å². The van der Waals surface area contributed by atoms with Crippen LogP contribution in [0.25, 0.3) is 38.7 Å². The Morgan fingerprint density at radius 1 is 0.783 bits per heavy atom. The molecule has 0 atom stereocenters. The molecule has 5 aromatic rings. The average Bonchev–Trinajstić information content (AvgIpc) is 3.10. The standard InChI is InChI=1S/C20H12ClNO/c21-13-10-11-18-16(12-13)19-20(23-18)15-8-4-5-9-17(15)22(19)14-6-2-1-3-7-14/h1-12H. The van der Waals surface area contributed by atoms with E-state index in [0.717, 1.165) is 38.7 Å². The summed E-state index contributed by atoms with van der Waals surface area (Å²) in [4.78, 5) is 0. The van der Waals surface area contributed by atoms with Crippen molar-refractivity contribution in [1.82, 2.24) is 4.57 Å². The average molecular weight is 318 g/mol. The lowest BCUT2D eigenvalue weighted by Crippen LogP contribution is -1.92. The second-order valence-corrected chi connectivity index (χ2v) is 6.04. The topological polar surface area (TPSA) is 18.1 Å². The summed E-state index contributed by atoms with van der Waals surface area (Å²) in [5.41, 5.74) is 5.07. The van der Waals surface area contributed by atoms with Gasteiger partial charge < -0.3 is 8.98 Å². The highest BCUT2D eigenvalue weighted by molar-refractivity contribution is 6.32. The summed E-state index contributed by atoms with van der Waals surface area (Å²) in [5, 5.41) is 2.86. The van der Waals surface area contributed by atoms with Crippen molar-refractivity contribution < 1.29 is 4.42 Å². The van der Waals surface area contributed by atoms with Gasteiger partial charge in [-0.25, -0.2) is 0 Å². The van der Waals surface area contributed by atoms with Crippen LogP contribution in [0.15, 0.2) is 77.2 Å². The highest BCUT2D eigenvalue weighted by Crippen LogP contribution is 2.39. The lowest BCUT2D eigenvalue weighted by atomic mass is 10.2. The second-order valence-electron chi connectivity index (χ2n) is 5.61. The minimum absolute atomic E-state index is 0.713. The quantitative estimate of drug-likeness (QED) is 0.361. The number of furan rings is 1. The van der Waals surface area contributed by atoms with Crippen LogP contribution < -0.4 is 0 Å². The molecule has 0 bridgehead atoms. The van der Waals surface area contributed by atoms with E-state index in [9.17, 15) is 0 Å². The number of nitrogens with zero attached hydrogens (tertiary/aromatic N) is 1. The first-order chi connectivity index (χ1) is 11.3. The minimum Gasteiger partial charge on any atom is -0.454 e. The molecule has 0 fully saturated rings. The molecule has 23 heavy (non-hydrogen) atoms. The molecular weight excluding hydrogens is 306 g/mol. The Labute approximate surface area is 137 Å². The largest absolute Gasteiger partial charge is 0.454 e. The van der Waals surface area contributed by atoms with Crippen LogP contribution >= 0.6 is 11.6 Å². The Balaban J connectivity index is 2.07. The first-order valence-electron chi connectivity index (χ1n) is 7.49. The maximum absolute atomic E-state index is 6.22. The number of halogens is 1. The van der Waals surface area contributed by atoms with Gasteiger partial charge in [-0.2, -0.15) is 0 Å². The van der Waals surface area contributed by atoms with Crippen molar-refractivity contribution in [3.05, 3.63) is 77.8 Å². The van der Waals surface area contributed by atoms with E-state index in [0.29, 0.717) is 5.02 Å². The van der Waals surface area contributed by atoms with Gasteiger partial charge >= 0.3 is 0 Å². The molecule has 0 saturated carbocycles. The molecule has 3 heteroatoms. The SMILES string of the molecule is Clc1ccc2oc3c4ccccc4n(-c4ccccc4)c3c2c1. The summed E-state index contributed by atoms with van der Waals surface area (Å²) in [6.07, 6.45) is 0. The fourth-order valence-corrected chi connectivity index (χ4v) is 3.46. The van der Waals surface area contributed by atoms with Gasteiger partial charge in [0.25, 0.3) is 0 Å². The van der Waals surface area contributed by atoms with Crippen molar-refractivity contribution in [3.8, 4) is 5.69 Å². The van der Waals surface area contributed by atoms with Crippen molar-refractivity contribution in [3.63, 3.8) is 0 Å². The van der Waals surface area contributed by atoms with E-state index in [4.69, 9.17) is 16.0 Å². The van der Waals surface area contributed by atoms with Gasteiger partial charge in [0.05, 0.1) is 5.52 Å². The van der Waals surface area contributed by atoms with Gasteiger partial charge in [0.15, 0.2) is 5.58 Å². The Bertz CT molecular complexity index is 1170. The number of para-hydroxylation sites is 2. The van der Waals surface area contributed by atoms with Crippen molar-refractivity contribution >= 4 is 44.6 Å². The zero-order valence-electron chi connectivity index (χ0n) is 12.2. The lowest BCUT2D eigenvalue weighted by molar-refractivity contribution is 0.673. The monoisotopic (exact) mass is 317 g/mol. The molecule has 0 aliphatic carbocycles. The van der Waals surface area contributed by atoms with E-state index in [1.165, 1.54) is 0 Å². The van der Waals surface area contributed by atoms with Gasteiger partial charge in [0.1, 0.15) is 11.1 Å². The van der Waals surface area contributed by atoms with Crippen LogP contribution in [0.2, 0.25) is 5.02 Å². The van der Waals surface area contributed by atoms with E-state index in [-0.39, 0.29) is 0 Å². The zero-order valence-corrected chi connectivity index (χ0v) is 12.9. The van der Waals surface area contributed by atoms with Crippen LogP contribution in [-0.4, -0.2) is 4.57 Å². The number of aromatic nitrogens is 1. The third-order valence-corrected chi connectivity index (χ3v) is 4.49. The third kappa shape index (κ3) is 1.76. The van der Waals surface area contributed by atoms with E-state index < -0.39 is 0 Å². The van der Waals surface area contributed by atoms with Crippen molar-refractivity contribution in [1.29, 1.82) is 0 Å². The number of hydrogen-bond acceptors (Lipinski definition) is 1. The molecule has 0 aliphatic heterocycles. The molecule has 0 saturated heterocycles. The fraction of sp³-hybridized carbons (Fsp3) is 0. The van der Waals surface area contributed by atoms with Crippen LogP contribution in [-0.2, 0) is 0 Å². The van der Waals surface area contributed by atoms with Crippen molar-refractivity contribution in [2.24, 2.45) is 0 Å². The minimum atomic E-state index is 0.713. The molecule has 0 amide bonds. The number of hydrogen-bond donors (Lipinski definition) is 0. The molecule has 110 valence electrons. The predicted molar refractivity (Wildman–Crippen MR) is 95.6 cm³/mol. The van der Waals surface area contributed by atoms with Gasteiger partial charge in [-0.3, -0.25) is 0 Å². The first kappa shape index (κ1) is 12.8. The van der Waals surface area contributed by atoms with E-state index in [2.05, 4.69) is 34.9 Å². The molecule has 0 radical (unpaired) electrons. The molecule has 0 aliphatic rings. The van der Waals surface area contributed by atoms with Gasteiger partial charge in [-0.1, -0.05) is 41.9 Å². The summed E-state index contributed by atoms with van der Waals surface area (Å²) in [6, 6.07) is 24.4. The summed E-state index contributed by atoms with van der Waals surface area (Å²) >= 11 is 6.22. The number of benzene rings is 3. The maximum Gasteiger partial charge on any atom is 0.161 e. The van der Waals surface area contributed by atoms with Gasteiger partial charge in [-0.05, 0) is 42.5 Å². The molecule has 2 aromatic heterocycles. The fourth-order valence-electron chi connectivity index (χ4n) is 3.29. The molecule has 3 aromatic carbocycles. The molecule has 0 N–H and O–H groups in total. The van der Waals surface area contributed by atoms with Crippen LogP contribution in [0.5, 0.6) is 0 Å². The van der Waals surface area contributed by atoms with E-state index in [1.807, 2.05) is 42.5 Å². The second kappa shape index (κ2) is 4.64. The Morgan fingerprint density at radius 3 is 2.43 bits per heavy atom. The van der Waals surface area contributed by atoms with Crippen LogP contribution in [0.4, 0.5) is 0 Å². The Hall–Kier alpha value is -2.71. The molecule has 2 heterocycles. The summed E-state index contributed by atoms with van der Waals surface area (Å²) in [7, 11) is 0. The zero-order chi connectivity index (χ0) is 15.4. The smallest absolute Gasteiger partial charge is 0.161 e. The Kier molecular flexibility index (Phi) is 2.58. The molecule has 0 unspecified atom stereocenters. The van der Waals surface area contributed by atoms with Crippen LogP contribution in [0.1, 0.15) is 0 Å². The highest BCUT2D eigenvalue weighted by atomic mass is 35.5. The number of rotatable bonds is 1. The predicted octanol–water partition coefficient (Wildman–Crippen LogP) is 6.18. The Morgan fingerprint density at radius 2 is 1.57 bits per heavy atom. The summed E-state index contributed by atoms with van der Waals surface area (Å²) < 4.78 is 8.39. The maximum atomic E-state index is 6.22. The molecule has 0 spiro atoms. The van der Waals surface area contributed by atoms with Crippen molar-refractivity contribution in [2.45, 2.75) is 0 Å². The first-order valence-corrected chi connectivity index (χ1v) is 7.87. The van der Waals surface area contributed by atoms with E-state index >= 15 is 0 Å². The molecule has 5 rings (SSSR count). The van der Waals surface area contributed by atoms with Crippen LogP contribution in [0.3, 0.4) is 0 Å².